The first kappa shape index (κ1) is 11.8. The van der Waals surface area contributed by atoms with Crippen LogP contribution < -0.4 is 0 Å². The minimum atomic E-state index is -0.277. The van der Waals surface area contributed by atoms with Crippen molar-refractivity contribution in [2.45, 2.75) is 0 Å². The monoisotopic (exact) mass is 286 g/mol. The van der Waals surface area contributed by atoms with Crippen molar-refractivity contribution in [1.29, 1.82) is 0 Å². The van der Waals surface area contributed by atoms with Crippen molar-refractivity contribution in [2.24, 2.45) is 0 Å². The number of benzene rings is 4. The fraction of sp³-hybridized carbons (Fsp3) is 0. The third-order valence-electron chi connectivity index (χ3n) is 4.28. The Labute approximate surface area is 125 Å². The summed E-state index contributed by atoms with van der Waals surface area (Å²) in [5, 5.41) is 6.72. The predicted octanol–water partition coefficient (Wildman–Crippen LogP) is 6.03. The third kappa shape index (κ3) is 1.52. The number of fused-ring (bicyclic) bond motifs is 6. The lowest BCUT2D eigenvalue weighted by Gasteiger charge is -2.03. The standard InChI is InChI=1S/C20H11FO/c21-15-6-7-16-19(11-15)22-18-8-5-14-9-12-3-1-2-4-13(12)10-17(14)20(16)18/h1-11H. The summed E-state index contributed by atoms with van der Waals surface area (Å²) in [5.74, 6) is -0.277. The Kier molecular flexibility index (Phi) is 2.18. The lowest BCUT2D eigenvalue weighted by Crippen LogP contribution is -1.78. The number of hydrogen-bond donors (Lipinski definition) is 0. The Morgan fingerprint density at radius 2 is 1.45 bits per heavy atom. The predicted molar refractivity (Wildman–Crippen MR) is 88.7 cm³/mol. The molecule has 1 aromatic heterocycles. The first-order valence-corrected chi connectivity index (χ1v) is 7.23. The van der Waals surface area contributed by atoms with Crippen LogP contribution in [0.15, 0.2) is 71.1 Å². The van der Waals surface area contributed by atoms with E-state index >= 15 is 0 Å². The number of rotatable bonds is 0. The quantitative estimate of drug-likeness (QED) is 0.317. The van der Waals surface area contributed by atoms with E-state index in [1.807, 2.05) is 18.2 Å². The second-order valence-corrected chi connectivity index (χ2v) is 5.60. The molecule has 0 bridgehead atoms. The zero-order valence-electron chi connectivity index (χ0n) is 11.6. The van der Waals surface area contributed by atoms with Crippen molar-refractivity contribution in [3.63, 3.8) is 0 Å². The molecule has 5 rings (SSSR count). The zero-order valence-corrected chi connectivity index (χ0v) is 11.6. The SMILES string of the molecule is Fc1ccc2c(c1)oc1ccc3cc4ccccc4cc3c12. The van der Waals surface area contributed by atoms with Crippen molar-refractivity contribution in [1.82, 2.24) is 0 Å². The highest BCUT2D eigenvalue weighted by molar-refractivity contribution is 6.20. The fourth-order valence-electron chi connectivity index (χ4n) is 3.26. The molecule has 22 heavy (non-hydrogen) atoms. The topological polar surface area (TPSA) is 13.1 Å². The summed E-state index contributed by atoms with van der Waals surface area (Å²) < 4.78 is 19.2. The maximum atomic E-state index is 13.4. The van der Waals surface area contributed by atoms with E-state index in [1.165, 1.54) is 28.3 Å². The highest BCUT2D eigenvalue weighted by Crippen LogP contribution is 2.36. The maximum Gasteiger partial charge on any atom is 0.138 e. The van der Waals surface area contributed by atoms with E-state index in [0.29, 0.717) is 5.58 Å². The molecule has 4 aromatic carbocycles. The van der Waals surface area contributed by atoms with Crippen molar-refractivity contribution in [2.75, 3.05) is 0 Å². The second-order valence-electron chi connectivity index (χ2n) is 5.60. The van der Waals surface area contributed by atoms with Crippen LogP contribution in [0.3, 0.4) is 0 Å². The Balaban J connectivity index is 2.05. The second kappa shape index (κ2) is 4.08. The van der Waals surface area contributed by atoms with Gasteiger partial charge < -0.3 is 4.42 Å². The molecule has 0 aliphatic heterocycles. The van der Waals surface area contributed by atoms with Crippen LogP contribution in [-0.4, -0.2) is 0 Å². The van der Waals surface area contributed by atoms with Crippen LogP contribution in [0.25, 0.3) is 43.5 Å². The molecule has 0 aliphatic rings. The number of furan rings is 1. The highest BCUT2D eigenvalue weighted by Gasteiger charge is 2.11. The molecule has 5 aromatic rings. The van der Waals surface area contributed by atoms with Gasteiger partial charge in [0.15, 0.2) is 0 Å². The van der Waals surface area contributed by atoms with Crippen LogP contribution in [0, 0.1) is 5.82 Å². The van der Waals surface area contributed by atoms with E-state index in [4.69, 9.17) is 4.42 Å². The first-order chi connectivity index (χ1) is 10.8. The van der Waals surface area contributed by atoms with E-state index in [0.717, 1.165) is 21.7 Å². The van der Waals surface area contributed by atoms with E-state index in [9.17, 15) is 4.39 Å². The normalized spacial score (nSPS) is 11.9. The molecule has 104 valence electrons. The summed E-state index contributed by atoms with van der Waals surface area (Å²) >= 11 is 0. The van der Waals surface area contributed by atoms with Crippen LogP contribution >= 0.6 is 0 Å². The van der Waals surface area contributed by atoms with Gasteiger partial charge in [-0.1, -0.05) is 30.3 Å². The van der Waals surface area contributed by atoms with Gasteiger partial charge in [0.1, 0.15) is 17.0 Å². The summed E-state index contributed by atoms with van der Waals surface area (Å²) in [6.07, 6.45) is 0. The Bertz CT molecular complexity index is 1180. The summed E-state index contributed by atoms with van der Waals surface area (Å²) in [5.41, 5.74) is 1.39. The minimum Gasteiger partial charge on any atom is -0.456 e. The van der Waals surface area contributed by atoms with Gasteiger partial charge in [0.2, 0.25) is 0 Å². The van der Waals surface area contributed by atoms with Crippen LogP contribution in [-0.2, 0) is 0 Å². The molecule has 0 N–H and O–H groups in total. The van der Waals surface area contributed by atoms with Gasteiger partial charge in [-0.3, -0.25) is 0 Å². The molecule has 1 nitrogen and oxygen atoms in total. The Hall–Kier alpha value is -2.87. The molecule has 0 atom stereocenters. The molecular formula is C20H11FO. The first-order valence-electron chi connectivity index (χ1n) is 7.23. The van der Waals surface area contributed by atoms with Crippen LogP contribution in [0.4, 0.5) is 4.39 Å². The molecule has 0 saturated carbocycles. The molecule has 1 heterocycles. The van der Waals surface area contributed by atoms with Crippen molar-refractivity contribution < 1.29 is 8.81 Å². The number of halogens is 1. The van der Waals surface area contributed by atoms with Crippen molar-refractivity contribution in [3.8, 4) is 0 Å². The van der Waals surface area contributed by atoms with Crippen LogP contribution in [0.1, 0.15) is 0 Å². The van der Waals surface area contributed by atoms with Gasteiger partial charge in [0.05, 0.1) is 0 Å². The molecule has 0 saturated heterocycles. The average molecular weight is 286 g/mol. The lowest BCUT2D eigenvalue weighted by atomic mass is 9.99. The highest BCUT2D eigenvalue weighted by atomic mass is 19.1. The van der Waals surface area contributed by atoms with Gasteiger partial charge in [-0.05, 0) is 51.9 Å². The van der Waals surface area contributed by atoms with Crippen LogP contribution in [0.2, 0.25) is 0 Å². The van der Waals surface area contributed by atoms with Gasteiger partial charge in [0, 0.05) is 16.8 Å². The summed E-state index contributed by atoms with van der Waals surface area (Å²) in [6, 6.07) is 21.4. The largest absolute Gasteiger partial charge is 0.456 e. The summed E-state index contributed by atoms with van der Waals surface area (Å²) in [4.78, 5) is 0. The van der Waals surface area contributed by atoms with E-state index in [1.54, 1.807) is 6.07 Å². The Morgan fingerprint density at radius 1 is 0.636 bits per heavy atom. The molecule has 0 aliphatic carbocycles. The van der Waals surface area contributed by atoms with Gasteiger partial charge in [-0.15, -0.1) is 0 Å². The van der Waals surface area contributed by atoms with Gasteiger partial charge in [-0.2, -0.15) is 0 Å². The molecule has 2 heteroatoms. The smallest absolute Gasteiger partial charge is 0.138 e. The molecule has 0 amide bonds. The maximum absolute atomic E-state index is 13.4. The van der Waals surface area contributed by atoms with E-state index in [2.05, 4.69) is 30.3 Å². The van der Waals surface area contributed by atoms with Crippen molar-refractivity contribution in [3.05, 3.63) is 72.5 Å². The lowest BCUT2D eigenvalue weighted by molar-refractivity contribution is 0.618. The van der Waals surface area contributed by atoms with Crippen LogP contribution in [0.5, 0.6) is 0 Å². The van der Waals surface area contributed by atoms with Gasteiger partial charge >= 0.3 is 0 Å². The average Bonchev–Trinajstić information content (AvgIpc) is 2.90. The molecule has 0 unspecified atom stereocenters. The molecule has 0 radical (unpaired) electrons. The fourth-order valence-corrected chi connectivity index (χ4v) is 3.26. The van der Waals surface area contributed by atoms with E-state index < -0.39 is 0 Å². The van der Waals surface area contributed by atoms with Crippen molar-refractivity contribution >= 4 is 43.5 Å². The van der Waals surface area contributed by atoms with E-state index in [-0.39, 0.29) is 5.82 Å². The third-order valence-corrected chi connectivity index (χ3v) is 4.28. The van der Waals surface area contributed by atoms with Gasteiger partial charge in [0.25, 0.3) is 0 Å². The summed E-state index contributed by atoms with van der Waals surface area (Å²) in [6.45, 7) is 0. The number of hydrogen-bond acceptors (Lipinski definition) is 1. The summed E-state index contributed by atoms with van der Waals surface area (Å²) in [7, 11) is 0. The molecular weight excluding hydrogens is 275 g/mol. The minimum absolute atomic E-state index is 0.277. The molecule has 0 spiro atoms. The zero-order chi connectivity index (χ0) is 14.7. The van der Waals surface area contributed by atoms with Gasteiger partial charge in [-0.25, -0.2) is 4.39 Å². The Morgan fingerprint density at radius 3 is 2.32 bits per heavy atom. The molecule has 0 fully saturated rings.